The number of halogens is 1. The lowest BCUT2D eigenvalue weighted by molar-refractivity contribution is -0.120. The average molecular weight is 212 g/mol. The van der Waals surface area contributed by atoms with Crippen LogP contribution in [0.25, 0.3) is 0 Å². The third-order valence-electron chi connectivity index (χ3n) is 2.06. The highest BCUT2D eigenvalue weighted by molar-refractivity contribution is 6.22. The predicted molar refractivity (Wildman–Crippen MR) is 54.2 cm³/mol. The highest BCUT2D eigenvalue weighted by atomic mass is 35.5. The summed E-state index contributed by atoms with van der Waals surface area (Å²) in [6, 6.07) is 5.54. The van der Waals surface area contributed by atoms with Gasteiger partial charge in [-0.1, -0.05) is 17.7 Å². The normalized spacial score (nSPS) is 21.9. The van der Waals surface area contributed by atoms with E-state index in [1.807, 2.05) is 18.2 Å². The van der Waals surface area contributed by atoms with E-state index < -0.39 is 0 Å². The molecule has 1 atom stereocenters. The summed E-state index contributed by atoms with van der Waals surface area (Å²) in [5, 5.41) is 2.69. The minimum absolute atomic E-state index is 0.0208. The molecule has 0 saturated carbocycles. The maximum Gasteiger partial charge on any atom is 0.239 e. The molecular weight excluding hydrogens is 202 g/mol. The molecule has 4 nitrogen and oxygen atoms in total. The number of rotatable bonds is 1. The van der Waals surface area contributed by atoms with Crippen molar-refractivity contribution >= 4 is 23.3 Å². The first-order valence-corrected chi connectivity index (χ1v) is 4.79. The van der Waals surface area contributed by atoms with Crippen molar-refractivity contribution in [1.29, 1.82) is 0 Å². The Morgan fingerprint density at radius 1 is 1.57 bits per heavy atom. The number of hydrogen-bond donors (Lipinski definition) is 1. The van der Waals surface area contributed by atoms with Crippen molar-refractivity contribution in [2.75, 3.05) is 18.0 Å². The molecule has 1 aromatic heterocycles. The first-order valence-electron chi connectivity index (χ1n) is 4.36. The fourth-order valence-corrected chi connectivity index (χ4v) is 1.61. The van der Waals surface area contributed by atoms with Crippen LogP contribution in [0, 0.1) is 0 Å². The summed E-state index contributed by atoms with van der Waals surface area (Å²) < 4.78 is 0. The van der Waals surface area contributed by atoms with E-state index in [1.54, 1.807) is 11.1 Å². The van der Waals surface area contributed by atoms with Crippen molar-refractivity contribution in [3.05, 3.63) is 24.4 Å². The number of hydrogen-bond acceptors (Lipinski definition) is 3. The van der Waals surface area contributed by atoms with Crippen LogP contribution in [0.5, 0.6) is 0 Å². The first-order chi connectivity index (χ1) is 6.77. The van der Waals surface area contributed by atoms with Gasteiger partial charge in [0.05, 0.1) is 13.1 Å². The summed E-state index contributed by atoms with van der Waals surface area (Å²) in [5.74, 6) is 0.718. The third-order valence-corrected chi connectivity index (χ3v) is 2.45. The number of carbonyl (C=O) groups is 1. The Bertz CT molecular complexity index is 330. The zero-order valence-corrected chi connectivity index (χ0v) is 8.24. The van der Waals surface area contributed by atoms with Gasteiger partial charge in [0, 0.05) is 6.20 Å². The number of amides is 1. The van der Waals surface area contributed by atoms with Gasteiger partial charge in [-0.25, -0.2) is 4.98 Å². The molecule has 0 aliphatic carbocycles. The molecule has 0 radical (unpaired) electrons. The van der Waals surface area contributed by atoms with Crippen molar-refractivity contribution in [2.24, 2.45) is 0 Å². The topological polar surface area (TPSA) is 45.2 Å². The second kappa shape index (κ2) is 3.84. The van der Waals surface area contributed by atoms with Crippen LogP contribution in [-0.2, 0) is 4.79 Å². The Morgan fingerprint density at radius 3 is 3.14 bits per heavy atom. The summed E-state index contributed by atoms with van der Waals surface area (Å²) in [4.78, 5) is 17.1. The number of pyridine rings is 1. The highest BCUT2D eigenvalue weighted by Gasteiger charge is 2.25. The number of nitrogens with one attached hydrogen (secondary N) is 1. The molecule has 2 rings (SSSR count). The molecule has 0 aromatic carbocycles. The average Bonchev–Trinajstić information content (AvgIpc) is 2.23. The SMILES string of the molecule is O=C1CN(c2ccccn2)C(Cl)CN1. The molecule has 2 heterocycles. The largest absolute Gasteiger partial charge is 0.351 e. The minimum Gasteiger partial charge on any atom is -0.351 e. The summed E-state index contributed by atoms with van der Waals surface area (Å²) in [6.45, 7) is 0.724. The van der Waals surface area contributed by atoms with E-state index in [4.69, 9.17) is 11.6 Å². The van der Waals surface area contributed by atoms with E-state index in [-0.39, 0.29) is 18.0 Å². The minimum atomic E-state index is -0.220. The standard InChI is InChI=1S/C9H10ClN3O/c10-7-5-12-9(14)6-13(7)8-3-1-2-4-11-8/h1-4,7H,5-6H2,(H,12,14). The maximum atomic E-state index is 11.2. The van der Waals surface area contributed by atoms with E-state index in [1.165, 1.54) is 0 Å². The maximum absolute atomic E-state index is 11.2. The van der Waals surface area contributed by atoms with E-state index >= 15 is 0 Å². The quantitative estimate of drug-likeness (QED) is 0.546. The molecule has 1 aliphatic rings. The number of alkyl halides is 1. The predicted octanol–water partition coefficient (Wildman–Crippen LogP) is 0.583. The van der Waals surface area contributed by atoms with Crippen molar-refractivity contribution in [1.82, 2.24) is 10.3 Å². The lowest BCUT2D eigenvalue weighted by Gasteiger charge is -2.32. The molecule has 1 saturated heterocycles. The van der Waals surface area contributed by atoms with Gasteiger partial charge in [-0.15, -0.1) is 0 Å². The summed E-state index contributed by atoms with van der Waals surface area (Å²) in [6.07, 6.45) is 1.69. The van der Waals surface area contributed by atoms with Crippen LogP contribution in [0.15, 0.2) is 24.4 Å². The Kier molecular flexibility index (Phi) is 2.54. The van der Waals surface area contributed by atoms with E-state index in [9.17, 15) is 4.79 Å². The van der Waals surface area contributed by atoms with Crippen molar-refractivity contribution < 1.29 is 4.79 Å². The molecule has 1 unspecified atom stereocenters. The lowest BCUT2D eigenvalue weighted by atomic mass is 10.3. The Hall–Kier alpha value is -1.29. The molecule has 5 heteroatoms. The zero-order chi connectivity index (χ0) is 9.97. The van der Waals surface area contributed by atoms with Crippen LogP contribution >= 0.6 is 11.6 Å². The molecule has 0 spiro atoms. The van der Waals surface area contributed by atoms with Crippen molar-refractivity contribution in [2.45, 2.75) is 5.50 Å². The number of piperazine rings is 1. The molecule has 1 aliphatic heterocycles. The molecule has 74 valence electrons. The molecule has 14 heavy (non-hydrogen) atoms. The van der Waals surface area contributed by atoms with Gasteiger partial charge in [-0.2, -0.15) is 0 Å². The van der Waals surface area contributed by atoms with Gasteiger partial charge in [0.2, 0.25) is 5.91 Å². The van der Waals surface area contributed by atoms with Gasteiger partial charge in [0.25, 0.3) is 0 Å². The third kappa shape index (κ3) is 1.80. The van der Waals surface area contributed by atoms with Crippen molar-refractivity contribution in [3.63, 3.8) is 0 Å². The van der Waals surface area contributed by atoms with Gasteiger partial charge < -0.3 is 10.2 Å². The van der Waals surface area contributed by atoms with E-state index in [2.05, 4.69) is 10.3 Å². The Labute approximate surface area is 86.9 Å². The van der Waals surface area contributed by atoms with Gasteiger partial charge in [-0.05, 0) is 12.1 Å². The van der Waals surface area contributed by atoms with E-state index in [0.29, 0.717) is 6.54 Å². The van der Waals surface area contributed by atoms with Gasteiger partial charge in [0.15, 0.2) is 0 Å². The Morgan fingerprint density at radius 2 is 2.43 bits per heavy atom. The molecular formula is C9H10ClN3O. The molecule has 0 bridgehead atoms. The number of anilines is 1. The van der Waals surface area contributed by atoms with Gasteiger partial charge in [0.1, 0.15) is 11.3 Å². The smallest absolute Gasteiger partial charge is 0.239 e. The van der Waals surface area contributed by atoms with Gasteiger partial charge >= 0.3 is 0 Å². The van der Waals surface area contributed by atoms with E-state index in [0.717, 1.165) is 5.82 Å². The molecule has 1 N–H and O–H groups in total. The van der Waals surface area contributed by atoms with Crippen molar-refractivity contribution in [3.8, 4) is 0 Å². The van der Waals surface area contributed by atoms with Crippen LogP contribution in [0.4, 0.5) is 5.82 Å². The molecule has 1 fully saturated rings. The number of nitrogens with zero attached hydrogens (tertiary/aromatic N) is 2. The fraction of sp³-hybridized carbons (Fsp3) is 0.333. The van der Waals surface area contributed by atoms with Crippen LogP contribution in [0.3, 0.4) is 0 Å². The molecule has 1 aromatic rings. The van der Waals surface area contributed by atoms with Crippen LogP contribution < -0.4 is 10.2 Å². The fourth-order valence-electron chi connectivity index (χ4n) is 1.37. The second-order valence-electron chi connectivity index (χ2n) is 3.05. The van der Waals surface area contributed by atoms with Crippen LogP contribution in [0.2, 0.25) is 0 Å². The van der Waals surface area contributed by atoms with Crippen LogP contribution in [-0.4, -0.2) is 29.5 Å². The first kappa shape index (κ1) is 9.27. The number of aromatic nitrogens is 1. The monoisotopic (exact) mass is 211 g/mol. The summed E-state index contributed by atoms with van der Waals surface area (Å²) >= 11 is 6.05. The Balaban J connectivity index is 2.20. The molecule has 1 amide bonds. The highest BCUT2D eigenvalue weighted by Crippen LogP contribution is 2.16. The summed E-state index contributed by atoms with van der Waals surface area (Å²) in [7, 11) is 0. The number of carbonyl (C=O) groups excluding carboxylic acids is 1. The lowest BCUT2D eigenvalue weighted by Crippen LogP contribution is -2.52. The van der Waals surface area contributed by atoms with Crippen LogP contribution in [0.1, 0.15) is 0 Å². The summed E-state index contributed by atoms with van der Waals surface area (Å²) in [5.41, 5.74) is -0.220. The second-order valence-corrected chi connectivity index (χ2v) is 3.56. The van der Waals surface area contributed by atoms with Gasteiger partial charge in [-0.3, -0.25) is 4.79 Å². The zero-order valence-electron chi connectivity index (χ0n) is 7.48.